The summed E-state index contributed by atoms with van der Waals surface area (Å²) in [5, 5.41) is 12.9. The summed E-state index contributed by atoms with van der Waals surface area (Å²) >= 11 is 1.58. The van der Waals surface area contributed by atoms with Gasteiger partial charge in [-0.3, -0.25) is 0 Å². The van der Waals surface area contributed by atoms with Gasteiger partial charge < -0.3 is 15.2 Å². The van der Waals surface area contributed by atoms with Gasteiger partial charge in [-0.05, 0) is 18.2 Å². The number of aliphatic hydroxyl groups is 1. The molecule has 0 unspecified atom stereocenters. The maximum Gasteiger partial charge on any atom is 0.121 e. The number of aromatic nitrogens is 1. The van der Waals surface area contributed by atoms with E-state index >= 15 is 0 Å². The van der Waals surface area contributed by atoms with Crippen molar-refractivity contribution < 1.29 is 9.84 Å². The van der Waals surface area contributed by atoms with Gasteiger partial charge in [0.25, 0.3) is 0 Å². The number of fused-ring (bicyclic) bond motifs is 1. The fourth-order valence-corrected chi connectivity index (χ4v) is 2.25. The first kappa shape index (κ1) is 13.3. The molecule has 0 bridgehead atoms. The smallest absolute Gasteiger partial charge is 0.121 e. The number of nitrogens with zero attached hydrogens (tertiary/aromatic N) is 1. The van der Waals surface area contributed by atoms with Crippen LogP contribution in [0.5, 0.6) is 5.75 Å². The summed E-state index contributed by atoms with van der Waals surface area (Å²) in [6.07, 6.45) is -0.496. The zero-order valence-corrected chi connectivity index (χ0v) is 11.4. The Morgan fingerprint density at radius 1 is 1.44 bits per heavy atom. The number of nitrogens with one attached hydrogen (secondary N) is 1. The van der Waals surface area contributed by atoms with Gasteiger partial charge in [-0.25, -0.2) is 4.98 Å². The van der Waals surface area contributed by atoms with Crippen LogP contribution < -0.4 is 10.1 Å². The quantitative estimate of drug-likeness (QED) is 0.840. The summed E-state index contributed by atoms with van der Waals surface area (Å²) in [5.41, 5.74) is 2.80. The van der Waals surface area contributed by atoms with Gasteiger partial charge in [0.2, 0.25) is 0 Å². The largest absolute Gasteiger partial charge is 0.491 e. The lowest BCUT2D eigenvalue weighted by molar-refractivity contribution is 0.105. The van der Waals surface area contributed by atoms with Crippen LogP contribution in [0.3, 0.4) is 0 Å². The summed E-state index contributed by atoms with van der Waals surface area (Å²) in [6.45, 7) is 4.93. The van der Waals surface area contributed by atoms with E-state index < -0.39 is 6.10 Å². The number of ether oxygens (including phenoxy) is 1. The molecule has 2 rings (SSSR count). The Bertz CT molecular complexity index is 498. The Labute approximate surface area is 111 Å². The van der Waals surface area contributed by atoms with Crippen molar-refractivity contribution in [1.29, 1.82) is 0 Å². The fourth-order valence-electron chi connectivity index (χ4n) is 1.55. The standard InChI is InChI=1S/C13H18N2O2S/c1-9(2)14-6-10(16)7-17-11-3-4-12-13(5-11)18-8-15-12/h3-5,8-10,14,16H,6-7H2,1-2H3/t10-/m0/s1. The Morgan fingerprint density at radius 2 is 2.28 bits per heavy atom. The molecular weight excluding hydrogens is 248 g/mol. The minimum Gasteiger partial charge on any atom is -0.491 e. The molecule has 0 aliphatic rings. The summed E-state index contributed by atoms with van der Waals surface area (Å²) in [6, 6.07) is 6.13. The van der Waals surface area contributed by atoms with Crippen LogP contribution in [0, 0.1) is 0 Å². The summed E-state index contributed by atoms with van der Waals surface area (Å²) < 4.78 is 6.67. The van der Waals surface area contributed by atoms with Gasteiger partial charge in [0.15, 0.2) is 0 Å². The lowest BCUT2D eigenvalue weighted by Gasteiger charge is -2.14. The summed E-state index contributed by atoms with van der Waals surface area (Å²) in [7, 11) is 0. The molecule has 1 heterocycles. The summed E-state index contributed by atoms with van der Waals surface area (Å²) in [4.78, 5) is 4.21. The van der Waals surface area contributed by atoms with Gasteiger partial charge in [0.05, 0.1) is 15.7 Å². The molecule has 0 radical (unpaired) electrons. The minimum atomic E-state index is -0.496. The van der Waals surface area contributed by atoms with E-state index in [-0.39, 0.29) is 0 Å². The molecular formula is C13H18N2O2S. The van der Waals surface area contributed by atoms with Gasteiger partial charge in [-0.15, -0.1) is 11.3 Å². The SMILES string of the molecule is CC(C)NC[C@H](O)COc1ccc2ncsc2c1. The maximum absolute atomic E-state index is 9.74. The maximum atomic E-state index is 9.74. The Hall–Kier alpha value is -1.17. The summed E-state index contributed by atoms with van der Waals surface area (Å²) in [5.74, 6) is 0.773. The monoisotopic (exact) mass is 266 g/mol. The van der Waals surface area contributed by atoms with Crippen LogP contribution >= 0.6 is 11.3 Å². The molecule has 0 saturated carbocycles. The van der Waals surface area contributed by atoms with Crippen molar-refractivity contribution in [2.75, 3.05) is 13.2 Å². The third-order valence-corrected chi connectivity index (χ3v) is 3.30. The molecule has 2 N–H and O–H groups in total. The normalized spacial score (nSPS) is 13.1. The van der Waals surface area contributed by atoms with E-state index in [9.17, 15) is 5.11 Å². The molecule has 2 aromatic rings. The van der Waals surface area contributed by atoms with E-state index in [4.69, 9.17) is 4.74 Å². The Kier molecular flexibility index (Phi) is 4.52. The number of hydrogen-bond acceptors (Lipinski definition) is 5. The topological polar surface area (TPSA) is 54.4 Å². The third kappa shape index (κ3) is 3.66. The second kappa shape index (κ2) is 6.13. The fraction of sp³-hybridized carbons (Fsp3) is 0.462. The Balaban J connectivity index is 1.85. The highest BCUT2D eigenvalue weighted by atomic mass is 32.1. The average Bonchev–Trinajstić information content (AvgIpc) is 2.81. The van der Waals surface area contributed by atoms with Crippen LogP contribution in [0.25, 0.3) is 10.2 Å². The van der Waals surface area contributed by atoms with Crippen LogP contribution in [0.4, 0.5) is 0 Å². The number of thiazole rings is 1. The van der Waals surface area contributed by atoms with E-state index in [2.05, 4.69) is 10.3 Å². The number of aliphatic hydroxyl groups excluding tert-OH is 1. The molecule has 1 atom stereocenters. The highest BCUT2D eigenvalue weighted by Crippen LogP contribution is 2.23. The average molecular weight is 266 g/mol. The van der Waals surface area contributed by atoms with Crippen molar-refractivity contribution in [3.05, 3.63) is 23.7 Å². The molecule has 1 aromatic heterocycles. The van der Waals surface area contributed by atoms with Crippen molar-refractivity contribution in [2.24, 2.45) is 0 Å². The number of benzene rings is 1. The zero-order valence-electron chi connectivity index (χ0n) is 10.6. The van der Waals surface area contributed by atoms with E-state index in [0.717, 1.165) is 16.0 Å². The molecule has 0 aliphatic carbocycles. The second-order valence-electron chi connectivity index (χ2n) is 4.51. The molecule has 98 valence electrons. The third-order valence-electron chi connectivity index (χ3n) is 2.51. The predicted octanol–water partition coefficient (Wildman–Crippen LogP) is 2.03. The van der Waals surface area contributed by atoms with Crippen LogP contribution in [-0.4, -0.2) is 35.4 Å². The lowest BCUT2D eigenvalue weighted by atomic mass is 10.3. The molecule has 0 fully saturated rings. The molecule has 0 saturated heterocycles. The van der Waals surface area contributed by atoms with E-state index in [0.29, 0.717) is 19.2 Å². The first-order chi connectivity index (χ1) is 8.65. The second-order valence-corrected chi connectivity index (χ2v) is 5.40. The van der Waals surface area contributed by atoms with Crippen molar-refractivity contribution in [3.63, 3.8) is 0 Å². The van der Waals surface area contributed by atoms with Gasteiger partial charge in [0, 0.05) is 12.6 Å². The molecule has 0 amide bonds. The van der Waals surface area contributed by atoms with Crippen molar-refractivity contribution in [3.8, 4) is 5.75 Å². The van der Waals surface area contributed by atoms with Gasteiger partial charge in [0.1, 0.15) is 18.5 Å². The van der Waals surface area contributed by atoms with E-state index in [1.807, 2.05) is 37.6 Å². The minimum absolute atomic E-state index is 0.296. The highest BCUT2D eigenvalue weighted by Gasteiger charge is 2.06. The first-order valence-electron chi connectivity index (χ1n) is 6.02. The van der Waals surface area contributed by atoms with Crippen LogP contribution in [0.1, 0.15) is 13.8 Å². The number of hydrogen-bond donors (Lipinski definition) is 2. The zero-order chi connectivity index (χ0) is 13.0. The van der Waals surface area contributed by atoms with Gasteiger partial charge >= 0.3 is 0 Å². The molecule has 4 nitrogen and oxygen atoms in total. The van der Waals surface area contributed by atoms with Gasteiger partial charge in [-0.2, -0.15) is 0 Å². The van der Waals surface area contributed by atoms with Crippen molar-refractivity contribution >= 4 is 21.6 Å². The molecule has 0 aliphatic heterocycles. The molecule has 5 heteroatoms. The number of rotatable bonds is 6. The van der Waals surface area contributed by atoms with Crippen molar-refractivity contribution in [2.45, 2.75) is 26.0 Å². The molecule has 1 aromatic carbocycles. The molecule has 18 heavy (non-hydrogen) atoms. The Morgan fingerprint density at radius 3 is 3.06 bits per heavy atom. The van der Waals surface area contributed by atoms with E-state index in [1.165, 1.54) is 0 Å². The first-order valence-corrected chi connectivity index (χ1v) is 6.90. The van der Waals surface area contributed by atoms with E-state index in [1.54, 1.807) is 11.3 Å². The predicted molar refractivity (Wildman–Crippen MR) is 74.3 cm³/mol. The van der Waals surface area contributed by atoms with Crippen LogP contribution in [-0.2, 0) is 0 Å². The molecule has 0 spiro atoms. The van der Waals surface area contributed by atoms with Gasteiger partial charge in [-0.1, -0.05) is 13.8 Å². The lowest BCUT2D eigenvalue weighted by Crippen LogP contribution is -2.35. The highest BCUT2D eigenvalue weighted by molar-refractivity contribution is 7.16. The van der Waals surface area contributed by atoms with Crippen molar-refractivity contribution in [1.82, 2.24) is 10.3 Å². The van der Waals surface area contributed by atoms with Crippen LogP contribution in [0.15, 0.2) is 23.7 Å². The van der Waals surface area contributed by atoms with Crippen LogP contribution in [0.2, 0.25) is 0 Å².